The van der Waals surface area contributed by atoms with Gasteiger partial charge in [-0.3, -0.25) is 14.4 Å². The normalized spacial score (nSPS) is 11.7. The topological polar surface area (TPSA) is 91.4 Å². The lowest BCUT2D eigenvalue weighted by atomic mass is 10.1. The average Bonchev–Trinajstić information content (AvgIpc) is 3.28. The van der Waals surface area contributed by atoms with E-state index in [4.69, 9.17) is 0 Å². The predicted octanol–water partition coefficient (Wildman–Crippen LogP) is 4.31. The van der Waals surface area contributed by atoms with Crippen LogP contribution in [-0.2, 0) is 22.4 Å². The van der Waals surface area contributed by atoms with Crippen LogP contribution in [0.25, 0.3) is 0 Å². The molecule has 8 heteroatoms. The van der Waals surface area contributed by atoms with Gasteiger partial charge in [-0.25, -0.2) is 4.98 Å². The molecule has 0 unspecified atom stereocenters. The van der Waals surface area contributed by atoms with Crippen LogP contribution in [0.4, 0.5) is 5.13 Å². The molecule has 0 spiro atoms. The summed E-state index contributed by atoms with van der Waals surface area (Å²) in [5.74, 6) is -0.635. The van der Waals surface area contributed by atoms with Crippen molar-refractivity contribution >= 4 is 34.2 Å². The molecule has 0 aliphatic heterocycles. The van der Waals surface area contributed by atoms with Crippen molar-refractivity contribution < 1.29 is 14.4 Å². The van der Waals surface area contributed by atoms with Crippen LogP contribution >= 0.6 is 11.3 Å². The summed E-state index contributed by atoms with van der Waals surface area (Å²) < 4.78 is 0. The van der Waals surface area contributed by atoms with E-state index >= 15 is 0 Å². The van der Waals surface area contributed by atoms with Gasteiger partial charge in [0.05, 0.1) is 12.1 Å². The minimum atomic E-state index is -0.331. The van der Waals surface area contributed by atoms with E-state index in [1.54, 1.807) is 29.6 Å². The Bertz CT molecular complexity index is 1120. The Morgan fingerprint density at radius 1 is 0.943 bits per heavy atom. The number of hydrogen-bond acceptors (Lipinski definition) is 5. The van der Waals surface area contributed by atoms with Gasteiger partial charge in [0.15, 0.2) is 5.13 Å². The molecule has 184 valence electrons. The Hall–Kier alpha value is -3.52. The van der Waals surface area contributed by atoms with Crippen molar-refractivity contribution in [3.05, 3.63) is 82.9 Å². The maximum atomic E-state index is 12.8. The molecular formula is C27H32N4O3S. The second-order valence-electron chi connectivity index (χ2n) is 8.75. The van der Waals surface area contributed by atoms with Crippen molar-refractivity contribution in [1.82, 2.24) is 15.2 Å². The Morgan fingerprint density at radius 2 is 1.60 bits per heavy atom. The van der Waals surface area contributed by atoms with Gasteiger partial charge in [-0.15, -0.1) is 11.3 Å². The largest absolute Gasteiger partial charge is 0.353 e. The van der Waals surface area contributed by atoms with E-state index in [1.165, 1.54) is 21.8 Å². The molecule has 0 radical (unpaired) electrons. The van der Waals surface area contributed by atoms with Gasteiger partial charge in [0, 0.05) is 23.0 Å². The van der Waals surface area contributed by atoms with E-state index in [1.807, 2.05) is 45.0 Å². The average molecular weight is 493 g/mol. The third kappa shape index (κ3) is 8.33. The zero-order valence-electron chi connectivity index (χ0n) is 20.4. The van der Waals surface area contributed by atoms with Crippen molar-refractivity contribution in [2.75, 3.05) is 11.9 Å². The number of nitrogens with one attached hydrogen (secondary N) is 2. The predicted molar refractivity (Wildman–Crippen MR) is 139 cm³/mol. The number of aryl methyl sites for hydroxylation is 1. The summed E-state index contributed by atoms with van der Waals surface area (Å²) in [4.78, 5) is 43.7. The van der Waals surface area contributed by atoms with Crippen LogP contribution < -0.4 is 10.6 Å². The molecular weight excluding hydrogens is 460 g/mol. The van der Waals surface area contributed by atoms with E-state index in [-0.39, 0.29) is 42.8 Å². The standard InChI is InChI=1S/C27H32N4O3S/c1-19(2)31(26(34)22-12-8-5-9-13-22)17-25(33)30-27-29-23(18-35-27)16-24(32)28-20(3)14-15-21-10-6-4-7-11-21/h4-13,18-20H,14-17H2,1-3H3,(H,28,32)(H,29,30,33)/t20-/m1/s1. The third-order valence-corrected chi connectivity index (χ3v) is 6.28. The lowest BCUT2D eigenvalue weighted by Gasteiger charge is -2.26. The first-order valence-corrected chi connectivity index (χ1v) is 12.6. The number of nitrogens with zero attached hydrogens (tertiary/aromatic N) is 2. The highest BCUT2D eigenvalue weighted by molar-refractivity contribution is 7.13. The van der Waals surface area contributed by atoms with Gasteiger partial charge in [-0.1, -0.05) is 48.5 Å². The number of rotatable bonds is 11. The Balaban J connectivity index is 1.47. The van der Waals surface area contributed by atoms with Gasteiger partial charge in [0.2, 0.25) is 11.8 Å². The van der Waals surface area contributed by atoms with Crippen molar-refractivity contribution in [2.24, 2.45) is 0 Å². The van der Waals surface area contributed by atoms with Crippen LogP contribution in [0.1, 0.15) is 48.8 Å². The van der Waals surface area contributed by atoms with Crippen molar-refractivity contribution in [1.29, 1.82) is 0 Å². The fourth-order valence-electron chi connectivity index (χ4n) is 3.58. The van der Waals surface area contributed by atoms with Gasteiger partial charge < -0.3 is 15.5 Å². The number of thiazole rings is 1. The summed E-state index contributed by atoms with van der Waals surface area (Å²) >= 11 is 1.26. The molecule has 2 aromatic carbocycles. The number of hydrogen-bond donors (Lipinski definition) is 2. The molecule has 0 saturated heterocycles. The minimum absolute atomic E-state index is 0.0460. The van der Waals surface area contributed by atoms with Gasteiger partial charge >= 0.3 is 0 Å². The highest BCUT2D eigenvalue weighted by Crippen LogP contribution is 2.17. The van der Waals surface area contributed by atoms with Gasteiger partial charge in [0.25, 0.3) is 5.91 Å². The lowest BCUT2D eigenvalue weighted by molar-refractivity contribution is -0.121. The number of benzene rings is 2. The zero-order valence-corrected chi connectivity index (χ0v) is 21.2. The quantitative estimate of drug-likeness (QED) is 0.417. The monoisotopic (exact) mass is 492 g/mol. The lowest BCUT2D eigenvalue weighted by Crippen LogP contribution is -2.42. The summed E-state index contributed by atoms with van der Waals surface area (Å²) in [6, 6.07) is 19.0. The van der Waals surface area contributed by atoms with Crippen LogP contribution in [0.2, 0.25) is 0 Å². The van der Waals surface area contributed by atoms with Gasteiger partial charge in [-0.05, 0) is 51.3 Å². The first kappa shape index (κ1) is 26.1. The molecule has 3 aromatic rings. The Kier molecular flexibility index (Phi) is 9.55. The highest BCUT2D eigenvalue weighted by atomic mass is 32.1. The fraction of sp³-hybridized carbons (Fsp3) is 0.333. The van der Waals surface area contributed by atoms with Gasteiger partial charge in [-0.2, -0.15) is 0 Å². The molecule has 3 rings (SSSR count). The second-order valence-corrected chi connectivity index (χ2v) is 9.61. The van der Waals surface area contributed by atoms with Crippen molar-refractivity contribution in [3.63, 3.8) is 0 Å². The number of carbonyl (C=O) groups is 3. The molecule has 0 aliphatic carbocycles. The fourth-order valence-corrected chi connectivity index (χ4v) is 4.31. The Morgan fingerprint density at radius 3 is 2.26 bits per heavy atom. The molecule has 2 N–H and O–H groups in total. The summed E-state index contributed by atoms with van der Waals surface area (Å²) in [7, 11) is 0. The van der Waals surface area contributed by atoms with Crippen molar-refractivity contribution in [3.8, 4) is 0 Å². The molecule has 0 fully saturated rings. The number of aromatic nitrogens is 1. The summed E-state index contributed by atoms with van der Waals surface area (Å²) in [5.41, 5.74) is 2.38. The van der Waals surface area contributed by atoms with Crippen molar-refractivity contribution in [2.45, 2.75) is 52.1 Å². The first-order valence-electron chi connectivity index (χ1n) is 11.8. The van der Waals surface area contributed by atoms with Crippen LogP contribution in [0.3, 0.4) is 0 Å². The first-order chi connectivity index (χ1) is 16.8. The maximum absolute atomic E-state index is 12.8. The van der Waals surface area contributed by atoms with E-state index in [2.05, 4.69) is 27.8 Å². The third-order valence-electron chi connectivity index (χ3n) is 5.47. The highest BCUT2D eigenvalue weighted by Gasteiger charge is 2.22. The van der Waals surface area contributed by atoms with E-state index in [0.717, 1.165) is 12.8 Å². The number of carbonyl (C=O) groups excluding carboxylic acids is 3. The maximum Gasteiger partial charge on any atom is 0.254 e. The number of amides is 3. The minimum Gasteiger partial charge on any atom is -0.353 e. The van der Waals surface area contributed by atoms with Crippen LogP contribution in [-0.4, -0.2) is 46.2 Å². The Labute approximate surface area is 210 Å². The summed E-state index contributed by atoms with van der Waals surface area (Å²) in [6.45, 7) is 5.65. The van der Waals surface area contributed by atoms with Crippen LogP contribution in [0.5, 0.6) is 0 Å². The molecule has 0 saturated carbocycles. The molecule has 1 heterocycles. The molecule has 1 atom stereocenters. The van der Waals surface area contributed by atoms with E-state index in [0.29, 0.717) is 16.4 Å². The van der Waals surface area contributed by atoms with E-state index < -0.39 is 0 Å². The molecule has 3 amide bonds. The molecule has 0 aliphatic rings. The smallest absolute Gasteiger partial charge is 0.254 e. The SMILES string of the molecule is CC(C)N(CC(=O)Nc1nc(CC(=O)N[C@H](C)CCc2ccccc2)cs1)C(=O)c1ccccc1. The molecule has 35 heavy (non-hydrogen) atoms. The molecule has 7 nitrogen and oxygen atoms in total. The molecule has 1 aromatic heterocycles. The second kappa shape index (κ2) is 12.8. The van der Waals surface area contributed by atoms with Crippen LogP contribution in [0.15, 0.2) is 66.0 Å². The van der Waals surface area contributed by atoms with Gasteiger partial charge in [0.1, 0.15) is 6.54 Å². The van der Waals surface area contributed by atoms with Crippen LogP contribution in [0, 0.1) is 0 Å². The number of anilines is 1. The summed E-state index contributed by atoms with van der Waals surface area (Å²) in [5, 5.41) is 7.93. The van der Waals surface area contributed by atoms with E-state index in [9.17, 15) is 14.4 Å². The summed E-state index contributed by atoms with van der Waals surface area (Å²) in [6.07, 6.45) is 1.89. The zero-order chi connectivity index (χ0) is 25.2. The molecule has 0 bridgehead atoms.